The first-order valence-corrected chi connectivity index (χ1v) is 7.92. The van der Waals surface area contributed by atoms with Crippen molar-refractivity contribution in [3.8, 4) is 0 Å². The summed E-state index contributed by atoms with van der Waals surface area (Å²) in [5.74, 6) is -0.830. The monoisotopic (exact) mass is 306 g/mol. The average Bonchev–Trinajstić information content (AvgIpc) is 3.06. The first-order valence-electron chi connectivity index (χ1n) is 6.44. The summed E-state index contributed by atoms with van der Waals surface area (Å²) in [6.45, 7) is 0. The lowest BCUT2D eigenvalue weighted by atomic mass is 9.96. The molecule has 0 radical (unpaired) electrons. The number of nitrogens with one attached hydrogen (secondary N) is 2. The average molecular weight is 306 g/mol. The lowest BCUT2D eigenvalue weighted by Gasteiger charge is -2.11. The SMILES string of the molecule is O=C(O)C1(c2ccc(NS(=O)(=O)c3cc[nH]c3)cc2)CC1. The first-order chi connectivity index (χ1) is 9.94. The lowest BCUT2D eigenvalue weighted by molar-refractivity contribution is -0.140. The van der Waals surface area contributed by atoms with Crippen LogP contribution in [0.15, 0.2) is 47.6 Å². The number of rotatable bonds is 5. The zero-order valence-corrected chi connectivity index (χ0v) is 11.9. The van der Waals surface area contributed by atoms with Crippen molar-refractivity contribution in [2.75, 3.05) is 4.72 Å². The lowest BCUT2D eigenvalue weighted by Crippen LogP contribution is -2.19. The van der Waals surface area contributed by atoms with Crippen LogP contribution in [0.5, 0.6) is 0 Å². The molecule has 0 atom stereocenters. The Hall–Kier alpha value is -2.28. The van der Waals surface area contributed by atoms with Crippen molar-refractivity contribution in [1.82, 2.24) is 4.98 Å². The maximum Gasteiger partial charge on any atom is 0.314 e. The van der Waals surface area contributed by atoms with Crippen molar-refractivity contribution < 1.29 is 18.3 Å². The van der Waals surface area contributed by atoms with Crippen molar-refractivity contribution in [1.29, 1.82) is 0 Å². The van der Waals surface area contributed by atoms with E-state index in [-0.39, 0.29) is 4.90 Å². The molecule has 0 unspecified atom stereocenters. The van der Waals surface area contributed by atoms with Gasteiger partial charge in [-0.15, -0.1) is 0 Å². The summed E-state index contributed by atoms with van der Waals surface area (Å²) in [6.07, 6.45) is 4.16. The highest BCUT2D eigenvalue weighted by Gasteiger charge is 2.51. The van der Waals surface area contributed by atoms with Crippen molar-refractivity contribution in [3.63, 3.8) is 0 Å². The van der Waals surface area contributed by atoms with Gasteiger partial charge in [-0.25, -0.2) is 8.42 Å². The van der Waals surface area contributed by atoms with Crippen LogP contribution in [0.25, 0.3) is 0 Å². The molecular weight excluding hydrogens is 292 g/mol. The minimum atomic E-state index is -3.62. The summed E-state index contributed by atoms with van der Waals surface area (Å²) in [5, 5.41) is 9.22. The van der Waals surface area contributed by atoms with E-state index in [0.29, 0.717) is 24.1 Å². The van der Waals surface area contributed by atoms with Gasteiger partial charge in [0.05, 0.1) is 5.41 Å². The van der Waals surface area contributed by atoms with Gasteiger partial charge in [-0.05, 0) is 36.6 Å². The van der Waals surface area contributed by atoms with Crippen molar-refractivity contribution in [3.05, 3.63) is 48.3 Å². The maximum absolute atomic E-state index is 12.0. The fourth-order valence-corrected chi connectivity index (χ4v) is 3.33. The van der Waals surface area contributed by atoms with Gasteiger partial charge in [-0.2, -0.15) is 0 Å². The topological polar surface area (TPSA) is 99.3 Å². The van der Waals surface area contributed by atoms with Gasteiger partial charge in [0.15, 0.2) is 0 Å². The molecule has 1 aromatic carbocycles. The van der Waals surface area contributed by atoms with E-state index in [1.54, 1.807) is 24.3 Å². The van der Waals surface area contributed by atoms with Crippen molar-refractivity contribution in [2.24, 2.45) is 0 Å². The fraction of sp³-hybridized carbons (Fsp3) is 0.214. The Kier molecular flexibility index (Phi) is 3.02. The Labute approximate surface area is 121 Å². The molecule has 1 aliphatic rings. The quantitative estimate of drug-likeness (QED) is 0.786. The molecule has 3 rings (SSSR count). The van der Waals surface area contributed by atoms with Gasteiger partial charge in [0, 0.05) is 18.1 Å². The molecule has 0 aliphatic heterocycles. The second-order valence-electron chi connectivity index (χ2n) is 5.12. The highest BCUT2D eigenvalue weighted by Crippen LogP contribution is 2.48. The standard InChI is InChI=1S/C14H14N2O4S/c17-13(18)14(6-7-14)10-1-3-11(4-2-10)16-21(19,20)12-5-8-15-9-12/h1-5,8-9,15-16H,6-7H2,(H,17,18). The fourth-order valence-electron chi connectivity index (χ4n) is 2.30. The molecule has 7 heteroatoms. The molecule has 0 spiro atoms. The molecule has 3 N–H and O–H groups in total. The number of H-pyrrole nitrogens is 1. The third-order valence-corrected chi connectivity index (χ3v) is 5.11. The number of aromatic amines is 1. The third kappa shape index (κ3) is 2.40. The van der Waals surface area contributed by atoms with Gasteiger partial charge in [0.25, 0.3) is 10.0 Å². The van der Waals surface area contributed by atoms with Gasteiger partial charge >= 0.3 is 5.97 Å². The van der Waals surface area contributed by atoms with E-state index in [4.69, 9.17) is 0 Å². The molecule has 110 valence electrons. The molecule has 2 aromatic rings. The Morgan fingerprint density at radius 3 is 2.33 bits per heavy atom. The van der Waals surface area contributed by atoms with Gasteiger partial charge in [-0.3, -0.25) is 9.52 Å². The zero-order chi connectivity index (χ0) is 15.1. The predicted molar refractivity (Wildman–Crippen MR) is 76.6 cm³/mol. The van der Waals surface area contributed by atoms with Crippen LogP contribution in [-0.4, -0.2) is 24.5 Å². The van der Waals surface area contributed by atoms with E-state index >= 15 is 0 Å². The van der Waals surface area contributed by atoms with Gasteiger partial charge in [0.1, 0.15) is 4.90 Å². The predicted octanol–water partition coefficient (Wildman–Crippen LogP) is 1.93. The van der Waals surface area contributed by atoms with Crippen LogP contribution >= 0.6 is 0 Å². The second-order valence-corrected chi connectivity index (χ2v) is 6.80. The summed E-state index contributed by atoms with van der Waals surface area (Å²) >= 11 is 0. The number of aliphatic carboxylic acids is 1. The normalized spacial score (nSPS) is 16.4. The van der Waals surface area contributed by atoms with E-state index in [9.17, 15) is 18.3 Å². The summed E-state index contributed by atoms with van der Waals surface area (Å²) in [4.78, 5) is 14.1. The largest absolute Gasteiger partial charge is 0.481 e. The molecule has 1 heterocycles. The third-order valence-electron chi connectivity index (χ3n) is 3.73. The van der Waals surface area contributed by atoms with Crippen LogP contribution < -0.4 is 4.72 Å². The highest BCUT2D eigenvalue weighted by molar-refractivity contribution is 7.92. The summed E-state index contributed by atoms with van der Waals surface area (Å²) in [5.41, 5.74) is 0.332. The highest BCUT2D eigenvalue weighted by atomic mass is 32.2. The number of carboxylic acid groups (broad SMARTS) is 1. The van der Waals surface area contributed by atoms with E-state index in [1.807, 2.05) is 0 Å². The van der Waals surface area contributed by atoms with Gasteiger partial charge < -0.3 is 10.1 Å². The number of carboxylic acids is 1. The molecule has 1 fully saturated rings. The number of hydrogen-bond donors (Lipinski definition) is 3. The number of benzene rings is 1. The van der Waals surface area contributed by atoms with Crippen LogP contribution in [0.2, 0.25) is 0 Å². The van der Waals surface area contributed by atoms with Crippen molar-refractivity contribution in [2.45, 2.75) is 23.2 Å². The minimum Gasteiger partial charge on any atom is -0.481 e. The maximum atomic E-state index is 12.0. The Morgan fingerprint density at radius 1 is 1.19 bits per heavy atom. The molecule has 21 heavy (non-hydrogen) atoms. The van der Waals surface area contributed by atoms with Crippen LogP contribution in [0.3, 0.4) is 0 Å². The summed E-state index contributed by atoms with van der Waals surface area (Å²) < 4.78 is 26.5. The molecule has 1 saturated carbocycles. The Balaban J connectivity index is 1.81. The van der Waals surface area contributed by atoms with E-state index in [2.05, 4.69) is 9.71 Å². The Morgan fingerprint density at radius 2 is 1.86 bits per heavy atom. The molecule has 1 aromatic heterocycles. The van der Waals surface area contributed by atoms with Crippen LogP contribution in [0.1, 0.15) is 18.4 Å². The second kappa shape index (κ2) is 4.63. The smallest absolute Gasteiger partial charge is 0.314 e. The van der Waals surface area contributed by atoms with Crippen LogP contribution in [0.4, 0.5) is 5.69 Å². The number of carbonyl (C=O) groups is 1. The van der Waals surface area contributed by atoms with Gasteiger partial charge in [-0.1, -0.05) is 12.1 Å². The van der Waals surface area contributed by atoms with Crippen LogP contribution in [-0.2, 0) is 20.2 Å². The van der Waals surface area contributed by atoms with E-state index in [0.717, 1.165) is 0 Å². The number of hydrogen-bond acceptors (Lipinski definition) is 3. The number of aromatic nitrogens is 1. The van der Waals surface area contributed by atoms with Gasteiger partial charge in [0.2, 0.25) is 0 Å². The zero-order valence-electron chi connectivity index (χ0n) is 11.0. The number of anilines is 1. The molecule has 0 bridgehead atoms. The molecule has 1 aliphatic carbocycles. The summed E-state index contributed by atoms with van der Waals surface area (Å²) in [6, 6.07) is 7.96. The van der Waals surface area contributed by atoms with E-state index in [1.165, 1.54) is 18.5 Å². The first kappa shape index (κ1) is 13.7. The Bertz CT molecular complexity index is 760. The molecule has 0 saturated heterocycles. The van der Waals surface area contributed by atoms with E-state index < -0.39 is 21.4 Å². The number of sulfonamides is 1. The van der Waals surface area contributed by atoms with Crippen LogP contribution in [0, 0.1) is 0 Å². The minimum absolute atomic E-state index is 0.149. The molecular formula is C14H14N2O4S. The molecule has 0 amide bonds. The van der Waals surface area contributed by atoms with Crippen molar-refractivity contribution >= 4 is 21.7 Å². The summed E-state index contributed by atoms with van der Waals surface area (Å²) in [7, 11) is -3.62. The molecule has 6 nitrogen and oxygen atoms in total.